The molecule has 1 aromatic carbocycles. The molecule has 0 amide bonds. The number of nitrogens with one attached hydrogen (secondary N) is 1. The zero-order valence-corrected chi connectivity index (χ0v) is 13.1. The van der Waals surface area contributed by atoms with E-state index in [1.54, 1.807) is 13.2 Å². The van der Waals surface area contributed by atoms with Crippen LogP contribution >= 0.6 is 0 Å². The summed E-state index contributed by atoms with van der Waals surface area (Å²) in [5.74, 6) is 0.444. The van der Waals surface area contributed by atoms with Crippen molar-refractivity contribution in [3.8, 4) is 0 Å². The maximum Gasteiger partial charge on any atom is 0.146 e. The fourth-order valence-electron chi connectivity index (χ4n) is 2.04. The lowest BCUT2D eigenvalue weighted by atomic mass is 10.1. The molecular formula is C16H27FN2O. The molecule has 0 bridgehead atoms. The second kappa shape index (κ2) is 8.93. The highest BCUT2D eigenvalue weighted by Gasteiger charge is 2.08. The average Bonchev–Trinajstić information content (AvgIpc) is 2.38. The zero-order valence-electron chi connectivity index (χ0n) is 13.1. The van der Waals surface area contributed by atoms with E-state index in [4.69, 9.17) is 4.74 Å². The van der Waals surface area contributed by atoms with E-state index in [1.807, 2.05) is 24.1 Å². The van der Waals surface area contributed by atoms with Crippen LogP contribution in [0.1, 0.15) is 25.8 Å². The van der Waals surface area contributed by atoms with E-state index < -0.39 is 0 Å². The zero-order chi connectivity index (χ0) is 15.0. The molecule has 0 saturated heterocycles. The van der Waals surface area contributed by atoms with Crippen LogP contribution in [0.25, 0.3) is 0 Å². The molecule has 0 aromatic heterocycles. The maximum atomic E-state index is 14.1. The van der Waals surface area contributed by atoms with Crippen LogP contribution in [0, 0.1) is 11.7 Å². The smallest absolute Gasteiger partial charge is 0.146 e. The Morgan fingerprint density at radius 2 is 2.10 bits per heavy atom. The van der Waals surface area contributed by atoms with Crippen LogP contribution in [0.5, 0.6) is 0 Å². The molecule has 1 rings (SSSR count). The lowest BCUT2D eigenvalue weighted by Gasteiger charge is -2.20. The minimum atomic E-state index is -0.159. The largest absolute Gasteiger partial charge is 0.385 e. The maximum absolute atomic E-state index is 14.1. The van der Waals surface area contributed by atoms with Gasteiger partial charge < -0.3 is 15.0 Å². The molecule has 0 spiro atoms. The van der Waals surface area contributed by atoms with E-state index in [9.17, 15) is 4.39 Å². The van der Waals surface area contributed by atoms with Crippen molar-refractivity contribution in [2.75, 3.05) is 38.8 Å². The molecule has 0 saturated carbocycles. The van der Waals surface area contributed by atoms with Crippen LogP contribution < -0.4 is 10.2 Å². The predicted octanol–water partition coefficient (Wildman–Crippen LogP) is 3.04. The first-order chi connectivity index (χ1) is 9.54. The Labute approximate surface area is 122 Å². The van der Waals surface area contributed by atoms with Crippen LogP contribution in [-0.2, 0) is 11.3 Å². The Morgan fingerprint density at radius 3 is 2.70 bits per heavy atom. The SMILES string of the molecule is COCCCN(C)c1ccc(CNCC(C)C)cc1F. The van der Waals surface area contributed by atoms with E-state index >= 15 is 0 Å². The molecule has 0 aliphatic carbocycles. The molecule has 20 heavy (non-hydrogen) atoms. The number of benzene rings is 1. The predicted molar refractivity (Wildman–Crippen MR) is 82.7 cm³/mol. The van der Waals surface area contributed by atoms with Crippen LogP contribution in [0.15, 0.2) is 18.2 Å². The van der Waals surface area contributed by atoms with Crippen molar-refractivity contribution >= 4 is 5.69 Å². The van der Waals surface area contributed by atoms with Crippen molar-refractivity contribution < 1.29 is 9.13 Å². The van der Waals surface area contributed by atoms with Gasteiger partial charge >= 0.3 is 0 Å². The van der Waals surface area contributed by atoms with Gasteiger partial charge in [-0.2, -0.15) is 0 Å². The second-order valence-electron chi connectivity index (χ2n) is 5.58. The van der Waals surface area contributed by atoms with Gasteiger partial charge in [0.25, 0.3) is 0 Å². The Kier molecular flexibility index (Phi) is 7.55. The Morgan fingerprint density at radius 1 is 1.35 bits per heavy atom. The Hall–Kier alpha value is -1.13. The van der Waals surface area contributed by atoms with Gasteiger partial charge in [0, 0.05) is 33.9 Å². The van der Waals surface area contributed by atoms with Crippen LogP contribution in [0.4, 0.5) is 10.1 Å². The minimum absolute atomic E-state index is 0.159. The van der Waals surface area contributed by atoms with Crippen molar-refractivity contribution in [1.82, 2.24) is 5.32 Å². The highest BCUT2D eigenvalue weighted by atomic mass is 19.1. The van der Waals surface area contributed by atoms with Gasteiger partial charge in [0.05, 0.1) is 5.69 Å². The summed E-state index contributed by atoms with van der Waals surface area (Å²) in [6.07, 6.45) is 0.893. The van der Waals surface area contributed by atoms with Crippen LogP contribution in [0.3, 0.4) is 0 Å². The fourth-order valence-corrected chi connectivity index (χ4v) is 2.04. The minimum Gasteiger partial charge on any atom is -0.385 e. The van der Waals surface area contributed by atoms with Gasteiger partial charge in [0.2, 0.25) is 0 Å². The molecule has 0 aliphatic heterocycles. The van der Waals surface area contributed by atoms with Gasteiger partial charge in [-0.25, -0.2) is 4.39 Å². The molecule has 0 radical (unpaired) electrons. The first-order valence-corrected chi connectivity index (χ1v) is 7.23. The average molecular weight is 282 g/mol. The monoisotopic (exact) mass is 282 g/mol. The first kappa shape index (κ1) is 16.9. The molecule has 0 fully saturated rings. The summed E-state index contributed by atoms with van der Waals surface area (Å²) >= 11 is 0. The molecule has 4 heteroatoms. The van der Waals surface area contributed by atoms with Crippen molar-refractivity contribution in [1.29, 1.82) is 0 Å². The molecule has 3 nitrogen and oxygen atoms in total. The lowest BCUT2D eigenvalue weighted by Crippen LogP contribution is -2.21. The highest BCUT2D eigenvalue weighted by Crippen LogP contribution is 2.19. The van der Waals surface area contributed by atoms with Crippen molar-refractivity contribution in [3.63, 3.8) is 0 Å². The number of methoxy groups -OCH3 is 1. The summed E-state index contributed by atoms with van der Waals surface area (Å²) in [6, 6.07) is 5.46. The van der Waals surface area contributed by atoms with Crippen LogP contribution in [-0.4, -0.2) is 33.9 Å². The van der Waals surface area contributed by atoms with Gasteiger partial charge in [-0.05, 0) is 36.6 Å². The van der Waals surface area contributed by atoms with Crippen molar-refractivity contribution in [2.24, 2.45) is 5.92 Å². The van der Waals surface area contributed by atoms with Gasteiger partial charge in [0.1, 0.15) is 5.82 Å². The van der Waals surface area contributed by atoms with E-state index in [0.29, 0.717) is 24.8 Å². The first-order valence-electron chi connectivity index (χ1n) is 7.23. The summed E-state index contributed by atoms with van der Waals surface area (Å²) in [5, 5.41) is 3.32. The quantitative estimate of drug-likeness (QED) is 0.705. The number of hydrogen-bond donors (Lipinski definition) is 1. The molecular weight excluding hydrogens is 255 g/mol. The number of halogens is 1. The third-order valence-corrected chi connectivity index (χ3v) is 3.15. The van der Waals surface area contributed by atoms with E-state index in [-0.39, 0.29) is 5.82 Å². The normalized spacial score (nSPS) is 11.1. The summed E-state index contributed by atoms with van der Waals surface area (Å²) in [5.41, 5.74) is 1.63. The number of ether oxygens (including phenoxy) is 1. The molecule has 0 aliphatic rings. The van der Waals surface area contributed by atoms with Crippen molar-refractivity contribution in [2.45, 2.75) is 26.8 Å². The Balaban J connectivity index is 2.54. The molecule has 0 heterocycles. The molecule has 0 unspecified atom stereocenters. The summed E-state index contributed by atoms with van der Waals surface area (Å²) in [7, 11) is 3.59. The third-order valence-electron chi connectivity index (χ3n) is 3.15. The van der Waals surface area contributed by atoms with E-state index in [2.05, 4.69) is 19.2 Å². The Bertz CT molecular complexity index is 396. The van der Waals surface area contributed by atoms with E-state index in [0.717, 1.165) is 25.1 Å². The standard InChI is InChI=1S/C16H27FN2O/c1-13(2)11-18-12-14-6-7-16(15(17)10-14)19(3)8-5-9-20-4/h6-7,10,13,18H,5,8-9,11-12H2,1-4H3. The van der Waals surface area contributed by atoms with Gasteiger partial charge in [-0.3, -0.25) is 0 Å². The number of hydrogen-bond acceptors (Lipinski definition) is 3. The number of rotatable bonds is 9. The summed E-state index contributed by atoms with van der Waals surface area (Å²) < 4.78 is 19.1. The molecule has 114 valence electrons. The molecule has 1 aromatic rings. The lowest BCUT2D eigenvalue weighted by molar-refractivity contribution is 0.196. The third kappa shape index (κ3) is 5.88. The highest BCUT2D eigenvalue weighted by molar-refractivity contribution is 5.48. The summed E-state index contributed by atoms with van der Waals surface area (Å²) in [4.78, 5) is 1.93. The molecule has 0 atom stereocenters. The van der Waals surface area contributed by atoms with Gasteiger partial charge in [-0.1, -0.05) is 19.9 Å². The van der Waals surface area contributed by atoms with E-state index in [1.165, 1.54) is 0 Å². The topological polar surface area (TPSA) is 24.5 Å². The molecule has 1 N–H and O–H groups in total. The number of anilines is 1. The van der Waals surface area contributed by atoms with Crippen molar-refractivity contribution in [3.05, 3.63) is 29.6 Å². The second-order valence-corrected chi connectivity index (χ2v) is 5.58. The van der Waals surface area contributed by atoms with Gasteiger partial charge in [0.15, 0.2) is 0 Å². The number of nitrogens with zero attached hydrogens (tertiary/aromatic N) is 1. The fraction of sp³-hybridized carbons (Fsp3) is 0.625. The van der Waals surface area contributed by atoms with Gasteiger partial charge in [-0.15, -0.1) is 0 Å². The van der Waals surface area contributed by atoms with Crippen LogP contribution in [0.2, 0.25) is 0 Å². The summed E-state index contributed by atoms with van der Waals surface area (Å²) in [6.45, 7) is 7.46.